The van der Waals surface area contributed by atoms with Crippen LogP contribution in [0.2, 0.25) is 0 Å². The van der Waals surface area contributed by atoms with Crippen molar-refractivity contribution in [2.45, 2.75) is 26.3 Å². The molecule has 0 aliphatic rings. The van der Waals surface area contributed by atoms with Crippen molar-refractivity contribution in [1.82, 2.24) is 10.3 Å². The van der Waals surface area contributed by atoms with Crippen molar-refractivity contribution >= 4 is 34.6 Å². The Morgan fingerprint density at radius 2 is 1.96 bits per heavy atom. The second-order valence-electron chi connectivity index (χ2n) is 6.03. The van der Waals surface area contributed by atoms with Gasteiger partial charge in [-0.3, -0.25) is 4.79 Å². The average Bonchev–Trinajstić information content (AvgIpc) is 3.36. The maximum absolute atomic E-state index is 12.2. The van der Waals surface area contributed by atoms with Gasteiger partial charge in [0.1, 0.15) is 5.01 Å². The van der Waals surface area contributed by atoms with Gasteiger partial charge in [0, 0.05) is 5.38 Å². The number of esters is 1. The van der Waals surface area contributed by atoms with E-state index in [9.17, 15) is 9.59 Å². The van der Waals surface area contributed by atoms with Crippen molar-refractivity contribution < 1.29 is 14.3 Å². The predicted octanol–water partition coefficient (Wildman–Crippen LogP) is 4.60. The van der Waals surface area contributed by atoms with Crippen molar-refractivity contribution in [3.8, 4) is 9.88 Å². The van der Waals surface area contributed by atoms with Crippen LogP contribution in [0.4, 0.5) is 0 Å². The zero-order valence-electron chi connectivity index (χ0n) is 15.1. The molecule has 2 aromatic heterocycles. The summed E-state index contributed by atoms with van der Waals surface area (Å²) in [6.07, 6.45) is 0.749. The summed E-state index contributed by atoms with van der Waals surface area (Å²) in [5.41, 5.74) is 2.42. The fourth-order valence-electron chi connectivity index (χ4n) is 2.54. The highest BCUT2D eigenvalue weighted by Gasteiger charge is 2.17. The molecule has 0 fully saturated rings. The van der Waals surface area contributed by atoms with E-state index in [1.54, 1.807) is 16.7 Å². The number of hydrogen-bond donors (Lipinski definition) is 1. The second kappa shape index (κ2) is 8.92. The van der Waals surface area contributed by atoms with Crippen LogP contribution in [0.5, 0.6) is 0 Å². The minimum Gasteiger partial charge on any atom is -0.451 e. The van der Waals surface area contributed by atoms with E-state index in [1.807, 2.05) is 55.6 Å². The molecule has 1 atom stereocenters. The number of carbonyl (C=O) groups excluding carboxylic acids is 2. The van der Waals surface area contributed by atoms with Crippen molar-refractivity contribution in [2.75, 3.05) is 6.61 Å². The van der Waals surface area contributed by atoms with E-state index < -0.39 is 5.97 Å². The lowest BCUT2D eigenvalue weighted by atomic mass is 10.0. The topological polar surface area (TPSA) is 68.3 Å². The van der Waals surface area contributed by atoms with Crippen molar-refractivity contribution in [3.63, 3.8) is 0 Å². The smallest absolute Gasteiger partial charge is 0.358 e. The number of benzene rings is 1. The van der Waals surface area contributed by atoms with Crippen molar-refractivity contribution in [2.24, 2.45) is 0 Å². The number of nitrogens with one attached hydrogen (secondary N) is 1. The van der Waals surface area contributed by atoms with Gasteiger partial charge in [0.25, 0.3) is 5.91 Å². The highest BCUT2D eigenvalue weighted by molar-refractivity contribution is 7.20. The summed E-state index contributed by atoms with van der Waals surface area (Å²) in [6.45, 7) is 3.69. The zero-order valence-corrected chi connectivity index (χ0v) is 16.7. The summed E-state index contributed by atoms with van der Waals surface area (Å²) < 4.78 is 5.12. The molecule has 5 nitrogen and oxygen atoms in total. The molecule has 0 aliphatic carbocycles. The lowest BCUT2D eigenvalue weighted by molar-refractivity contribution is -0.125. The Bertz CT molecular complexity index is 902. The maximum Gasteiger partial charge on any atom is 0.358 e. The molecule has 0 spiro atoms. The molecule has 27 heavy (non-hydrogen) atoms. The van der Waals surface area contributed by atoms with Crippen LogP contribution in [0.25, 0.3) is 9.88 Å². The molecule has 0 saturated heterocycles. The van der Waals surface area contributed by atoms with Crippen molar-refractivity contribution in [3.05, 3.63) is 64.0 Å². The van der Waals surface area contributed by atoms with Crippen LogP contribution in [-0.4, -0.2) is 23.5 Å². The lowest BCUT2D eigenvalue weighted by Gasteiger charge is -2.17. The number of rotatable bonds is 7. The highest BCUT2D eigenvalue weighted by Crippen LogP contribution is 2.28. The molecule has 3 aromatic rings. The third-order valence-electron chi connectivity index (χ3n) is 4.00. The van der Waals surface area contributed by atoms with Crippen LogP contribution >= 0.6 is 22.7 Å². The van der Waals surface area contributed by atoms with Gasteiger partial charge >= 0.3 is 5.97 Å². The zero-order chi connectivity index (χ0) is 19.2. The molecule has 0 saturated carbocycles. The number of ether oxygens (including phenoxy) is 1. The third-order valence-corrected chi connectivity index (χ3v) is 5.88. The second-order valence-corrected chi connectivity index (χ2v) is 7.84. The summed E-state index contributed by atoms with van der Waals surface area (Å²) >= 11 is 2.94. The van der Waals surface area contributed by atoms with Gasteiger partial charge in [-0.25, -0.2) is 9.78 Å². The molecule has 0 unspecified atom stereocenters. The van der Waals surface area contributed by atoms with Gasteiger partial charge in [-0.2, -0.15) is 0 Å². The van der Waals surface area contributed by atoms with Gasteiger partial charge in [0.15, 0.2) is 12.3 Å². The molecule has 1 aromatic carbocycles. The monoisotopic (exact) mass is 400 g/mol. The molecule has 7 heteroatoms. The van der Waals surface area contributed by atoms with Crippen LogP contribution in [0, 0.1) is 6.92 Å². The molecule has 3 rings (SSSR count). The SMILES string of the molecule is CC[C@@H](NC(=O)COC(=O)c1csc(-c2cccs2)n1)c1ccc(C)cc1. The summed E-state index contributed by atoms with van der Waals surface area (Å²) in [4.78, 5) is 29.6. The summed E-state index contributed by atoms with van der Waals surface area (Å²) in [6, 6.07) is 11.8. The highest BCUT2D eigenvalue weighted by atomic mass is 32.1. The standard InChI is InChI=1S/C20H20N2O3S2/c1-3-15(14-8-6-13(2)7-9-14)21-18(23)11-25-20(24)16-12-27-19(22-16)17-5-4-10-26-17/h4-10,12,15H,3,11H2,1-2H3,(H,21,23)/t15-/m1/s1. The molecule has 1 amide bonds. The molecule has 1 N–H and O–H groups in total. The van der Waals surface area contributed by atoms with E-state index in [-0.39, 0.29) is 24.2 Å². The third kappa shape index (κ3) is 5.02. The number of aryl methyl sites for hydroxylation is 1. The maximum atomic E-state index is 12.2. The van der Waals surface area contributed by atoms with Crippen LogP contribution in [0.15, 0.2) is 47.2 Å². The van der Waals surface area contributed by atoms with Crippen LogP contribution in [0.1, 0.15) is 41.0 Å². The molecular weight excluding hydrogens is 380 g/mol. The molecule has 0 aliphatic heterocycles. The van der Waals surface area contributed by atoms with Gasteiger partial charge in [-0.05, 0) is 30.4 Å². The number of hydrogen-bond acceptors (Lipinski definition) is 6. The largest absolute Gasteiger partial charge is 0.451 e. The van der Waals surface area contributed by atoms with Gasteiger partial charge < -0.3 is 10.1 Å². The first kappa shape index (κ1) is 19.3. The Labute approximate surface area is 166 Å². The Kier molecular flexibility index (Phi) is 6.36. The number of carbonyl (C=O) groups is 2. The quantitative estimate of drug-likeness (QED) is 0.588. The Balaban J connectivity index is 1.53. The number of thiazole rings is 1. The van der Waals surface area contributed by atoms with Crippen LogP contribution < -0.4 is 5.32 Å². The van der Waals surface area contributed by atoms with Crippen molar-refractivity contribution in [1.29, 1.82) is 0 Å². The van der Waals surface area contributed by atoms with E-state index in [4.69, 9.17) is 4.74 Å². The fourth-order valence-corrected chi connectivity index (χ4v) is 4.15. The van der Waals surface area contributed by atoms with E-state index in [0.717, 1.165) is 21.9 Å². The Morgan fingerprint density at radius 1 is 1.19 bits per heavy atom. The summed E-state index contributed by atoms with van der Waals surface area (Å²) in [5, 5.41) is 7.28. The Hall–Kier alpha value is -2.51. The summed E-state index contributed by atoms with van der Waals surface area (Å²) in [7, 11) is 0. The molecule has 0 bridgehead atoms. The van der Waals surface area contributed by atoms with E-state index in [2.05, 4.69) is 10.3 Å². The van der Waals surface area contributed by atoms with E-state index >= 15 is 0 Å². The first-order valence-corrected chi connectivity index (χ1v) is 10.3. The first-order valence-electron chi connectivity index (χ1n) is 8.59. The average molecular weight is 401 g/mol. The van der Waals surface area contributed by atoms with Crippen LogP contribution in [-0.2, 0) is 9.53 Å². The van der Waals surface area contributed by atoms with Gasteiger partial charge in [0.2, 0.25) is 0 Å². The van der Waals surface area contributed by atoms with E-state index in [0.29, 0.717) is 0 Å². The van der Waals surface area contributed by atoms with Gasteiger partial charge in [-0.1, -0.05) is 42.8 Å². The molecular formula is C20H20N2O3S2. The van der Waals surface area contributed by atoms with E-state index in [1.165, 1.54) is 16.9 Å². The normalized spacial score (nSPS) is 11.8. The Morgan fingerprint density at radius 3 is 2.63 bits per heavy atom. The van der Waals surface area contributed by atoms with Gasteiger partial charge in [-0.15, -0.1) is 22.7 Å². The number of thiophene rings is 1. The number of nitrogens with zero attached hydrogens (tertiary/aromatic N) is 1. The molecule has 2 heterocycles. The van der Waals surface area contributed by atoms with Gasteiger partial charge in [0.05, 0.1) is 10.9 Å². The summed E-state index contributed by atoms with van der Waals surface area (Å²) in [5.74, 6) is -0.919. The predicted molar refractivity (Wildman–Crippen MR) is 108 cm³/mol. The molecule has 140 valence electrons. The lowest BCUT2D eigenvalue weighted by Crippen LogP contribution is -2.32. The number of aromatic nitrogens is 1. The minimum atomic E-state index is -0.590. The van der Waals surface area contributed by atoms with Crippen LogP contribution in [0.3, 0.4) is 0 Å². The minimum absolute atomic E-state index is 0.110. The molecule has 0 radical (unpaired) electrons. The fraction of sp³-hybridized carbons (Fsp3) is 0.250. The number of amides is 1. The first-order chi connectivity index (χ1) is 13.1.